The number of nitrogens with one attached hydrogen (secondary N) is 3. The van der Waals surface area contributed by atoms with Crippen molar-refractivity contribution in [3.63, 3.8) is 0 Å². The Morgan fingerprint density at radius 2 is 2.13 bits per heavy atom. The van der Waals surface area contributed by atoms with E-state index in [0.29, 0.717) is 12.1 Å². The van der Waals surface area contributed by atoms with Gasteiger partial charge < -0.3 is 20.7 Å². The molecule has 1 aliphatic rings. The number of rotatable bonds is 7. The fourth-order valence-electron chi connectivity index (χ4n) is 2.41. The molecule has 1 saturated heterocycles. The number of halogens is 1. The lowest BCUT2D eigenvalue weighted by Crippen LogP contribution is -2.50. The lowest BCUT2D eigenvalue weighted by Gasteiger charge is -2.33. The molecule has 0 spiro atoms. The van der Waals surface area contributed by atoms with Crippen LogP contribution < -0.4 is 5.32 Å². The number of carbonyl (C=O) groups is 1. The van der Waals surface area contributed by atoms with E-state index in [1.165, 1.54) is 17.0 Å². The molecule has 4 N–H and O–H groups in total. The van der Waals surface area contributed by atoms with Crippen molar-refractivity contribution in [1.82, 2.24) is 10.2 Å². The summed E-state index contributed by atoms with van der Waals surface area (Å²) in [6, 6.07) is 3.82. The summed E-state index contributed by atoms with van der Waals surface area (Å²) in [4.78, 5) is 13.9. The van der Waals surface area contributed by atoms with Crippen molar-refractivity contribution < 1.29 is 14.3 Å². The van der Waals surface area contributed by atoms with Crippen molar-refractivity contribution in [3.05, 3.63) is 29.6 Å². The number of benzene rings is 1. The predicted molar refractivity (Wildman–Crippen MR) is 85.6 cm³/mol. The van der Waals surface area contributed by atoms with Gasteiger partial charge in [0.2, 0.25) is 0 Å². The van der Waals surface area contributed by atoms with Gasteiger partial charge in [0, 0.05) is 55.9 Å². The van der Waals surface area contributed by atoms with E-state index >= 15 is 0 Å². The molecule has 1 aromatic carbocycles. The van der Waals surface area contributed by atoms with E-state index in [-0.39, 0.29) is 36.1 Å². The van der Waals surface area contributed by atoms with Gasteiger partial charge in [-0.1, -0.05) is 6.07 Å². The molecular weight excluding hydrogens is 299 g/mol. The van der Waals surface area contributed by atoms with Crippen LogP contribution in [-0.4, -0.2) is 47.0 Å². The van der Waals surface area contributed by atoms with E-state index in [9.17, 15) is 14.3 Å². The van der Waals surface area contributed by atoms with Crippen LogP contribution in [0, 0.1) is 22.6 Å². The maximum Gasteiger partial charge on any atom is 0.268 e. The van der Waals surface area contributed by atoms with Crippen LogP contribution in [0.1, 0.15) is 18.9 Å². The Balaban J connectivity index is 2.14. The van der Waals surface area contributed by atoms with Crippen LogP contribution in [0.15, 0.2) is 18.2 Å². The summed E-state index contributed by atoms with van der Waals surface area (Å²) in [5.74, 6) is -0.937. The van der Waals surface area contributed by atoms with Crippen LogP contribution in [0.5, 0.6) is 5.75 Å². The smallest absolute Gasteiger partial charge is 0.268 e. The molecule has 1 fully saturated rings. The summed E-state index contributed by atoms with van der Waals surface area (Å²) >= 11 is 0. The first-order valence-electron chi connectivity index (χ1n) is 7.45. The number of aromatic hydroxyl groups is 1. The Kier molecular flexibility index (Phi) is 5.44. The second-order valence-electron chi connectivity index (χ2n) is 5.92. The van der Waals surface area contributed by atoms with Gasteiger partial charge in [0.1, 0.15) is 17.3 Å². The molecule has 1 aromatic rings. The summed E-state index contributed by atoms with van der Waals surface area (Å²) in [6.45, 7) is 3.60. The molecule has 0 bridgehead atoms. The van der Waals surface area contributed by atoms with Gasteiger partial charge in [0.05, 0.1) is 0 Å². The molecule has 0 unspecified atom stereocenters. The highest BCUT2D eigenvalue weighted by molar-refractivity contribution is 6.40. The van der Waals surface area contributed by atoms with Gasteiger partial charge in [-0.25, -0.2) is 4.39 Å². The van der Waals surface area contributed by atoms with Crippen LogP contribution in [0.25, 0.3) is 0 Å². The van der Waals surface area contributed by atoms with Crippen molar-refractivity contribution in [2.75, 3.05) is 19.6 Å². The predicted octanol–water partition coefficient (Wildman–Crippen LogP) is 1.53. The molecule has 0 aliphatic carbocycles. The Bertz CT molecular complexity index is 629. The van der Waals surface area contributed by atoms with Gasteiger partial charge in [-0.05, 0) is 13.0 Å². The summed E-state index contributed by atoms with van der Waals surface area (Å²) in [5.41, 5.74) is 0.371. The minimum Gasteiger partial charge on any atom is -0.508 e. The number of carbonyl (C=O) groups excluding carboxylic acids is 1. The molecule has 7 heteroatoms. The molecular formula is C16H21FN4O2. The van der Waals surface area contributed by atoms with Crippen molar-refractivity contribution >= 4 is 17.3 Å². The van der Waals surface area contributed by atoms with Crippen molar-refractivity contribution in [2.45, 2.75) is 19.9 Å². The molecule has 23 heavy (non-hydrogen) atoms. The van der Waals surface area contributed by atoms with E-state index in [4.69, 9.17) is 10.8 Å². The number of hydrogen-bond donors (Lipinski definition) is 4. The third-order valence-electron chi connectivity index (χ3n) is 3.73. The Hall–Kier alpha value is -2.28. The Labute approximate surface area is 134 Å². The van der Waals surface area contributed by atoms with Gasteiger partial charge >= 0.3 is 0 Å². The van der Waals surface area contributed by atoms with E-state index in [1.807, 2.05) is 0 Å². The number of phenolic OH excluding ortho intramolecular Hbond substituents is 1. The first kappa shape index (κ1) is 17.1. The van der Waals surface area contributed by atoms with Crippen LogP contribution in [0.4, 0.5) is 4.39 Å². The van der Waals surface area contributed by atoms with Crippen LogP contribution >= 0.6 is 0 Å². The SMILES string of the molecule is CC(=N)CC(=N)C(=O)N(Cc1ccc(O)cc1F)CC1CNC1. The molecule has 0 radical (unpaired) electrons. The molecule has 6 nitrogen and oxygen atoms in total. The second kappa shape index (κ2) is 7.32. The zero-order valence-corrected chi connectivity index (χ0v) is 13.0. The minimum absolute atomic E-state index is 0.00366. The standard InChI is InChI=1S/C16H21FN4O2/c1-10(18)4-15(19)16(23)21(8-11-6-20-7-11)9-12-2-3-13(22)5-14(12)17/h2-3,5,11,18-20,22H,4,6-9H2,1H3. The van der Waals surface area contributed by atoms with Crippen molar-refractivity contribution in [2.24, 2.45) is 5.92 Å². The summed E-state index contributed by atoms with van der Waals surface area (Å²) in [6.07, 6.45) is -0.00366. The molecule has 1 aliphatic heterocycles. The lowest BCUT2D eigenvalue weighted by atomic mass is 10.0. The molecule has 1 amide bonds. The zero-order chi connectivity index (χ0) is 17.0. The monoisotopic (exact) mass is 320 g/mol. The third-order valence-corrected chi connectivity index (χ3v) is 3.73. The molecule has 2 rings (SSSR count). The van der Waals surface area contributed by atoms with Crippen molar-refractivity contribution in [1.29, 1.82) is 10.8 Å². The Morgan fingerprint density at radius 1 is 1.43 bits per heavy atom. The second-order valence-corrected chi connectivity index (χ2v) is 5.92. The highest BCUT2D eigenvalue weighted by Crippen LogP contribution is 2.18. The molecule has 0 saturated carbocycles. The van der Waals surface area contributed by atoms with E-state index in [1.54, 1.807) is 6.92 Å². The van der Waals surface area contributed by atoms with Gasteiger partial charge in [0.25, 0.3) is 5.91 Å². The van der Waals surface area contributed by atoms with Gasteiger partial charge in [-0.2, -0.15) is 0 Å². The summed E-state index contributed by atoms with van der Waals surface area (Å²) < 4.78 is 13.9. The van der Waals surface area contributed by atoms with Gasteiger partial charge in [-0.3, -0.25) is 10.2 Å². The number of amides is 1. The van der Waals surface area contributed by atoms with Crippen LogP contribution in [0.2, 0.25) is 0 Å². The largest absolute Gasteiger partial charge is 0.508 e. The zero-order valence-electron chi connectivity index (χ0n) is 13.0. The number of hydrogen-bond acceptors (Lipinski definition) is 5. The molecule has 0 atom stereocenters. The van der Waals surface area contributed by atoms with Gasteiger partial charge in [-0.15, -0.1) is 0 Å². The quantitative estimate of drug-likeness (QED) is 0.573. The first-order chi connectivity index (χ1) is 10.9. The number of phenols is 1. The van der Waals surface area contributed by atoms with Gasteiger partial charge in [0.15, 0.2) is 0 Å². The third kappa shape index (κ3) is 4.59. The van der Waals surface area contributed by atoms with Crippen LogP contribution in [-0.2, 0) is 11.3 Å². The topological polar surface area (TPSA) is 100 Å². The summed E-state index contributed by atoms with van der Waals surface area (Å²) in [7, 11) is 0. The minimum atomic E-state index is -0.579. The fourth-order valence-corrected chi connectivity index (χ4v) is 2.41. The lowest BCUT2D eigenvalue weighted by molar-refractivity contribution is -0.125. The van der Waals surface area contributed by atoms with Crippen LogP contribution in [0.3, 0.4) is 0 Å². The highest BCUT2D eigenvalue weighted by Gasteiger charge is 2.26. The maximum absolute atomic E-state index is 13.9. The van der Waals surface area contributed by atoms with E-state index < -0.39 is 11.7 Å². The normalized spacial score (nSPS) is 14.2. The van der Waals surface area contributed by atoms with Crippen molar-refractivity contribution in [3.8, 4) is 5.75 Å². The average molecular weight is 320 g/mol. The summed E-state index contributed by atoms with van der Waals surface area (Å²) in [5, 5.41) is 27.7. The molecule has 0 aromatic heterocycles. The van der Waals surface area contributed by atoms with E-state index in [2.05, 4.69) is 5.32 Å². The maximum atomic E-state index is 13.9. The van der Waals surface area contributed by atoms with E-state index in [0.717, 1.165) is 19.2 Å². The number of nitrogens with zero attached hydrogens (tertiary/aromatic N) is 1. The highest BCUT2D eigenvalue weighted by atomic mass is 19.1. The fraction of sp³-hybridized carbons (Fsp3) is 0.438. The first-order valence-corrected chi connectivity index (χ1v) is 7.45. The molecule has 1 heterocycles. The molecule has 124 valence electrons. The Morgan fingerprint density at radius 3 is 2.65 bits per heavy atom. The average Bonchev–Trinajstić information content (AvgIpc) is 2.42.